The van der Waals surface area contributed by atoms with Gasteiger partial charge in [0.05, 0.1) is 24.6 Å². The standard InChI is InChI=1S/C17H26N6O2/c1-13(17(25)21(3)9-5-8-18)22-10-4-6-14(12-22)23-11-7-15(20-23)16(24)19-2/h7,11,13-14H,4-6,9-10,12H2,1-3H3,(H,19,24)/t13-,14-/m1/s1. The van der Waals surface area contributed by atoms with Crippen molar-refractivity contribution in [2.24, 2.45) is 0 Å². The van der Waals surface area contributed by atoms with Crippen LogP contribution in [0.25, 0.3) is 0 Å². The van der Waals surface area contributed by atoms with E-state index < -0.39 is 0 Å². The maximum Gasteiger partial charge on any atom is 0.271 e. The summed E-state index contributed by atoms with van der Waals surface area (Å²) in [6.07, 6.45) is 4.10. The second-order valence-electron chi connectivity index (χ2n) is 6.39. The van der Waals surface area contributed by atoms with Crippen LogP contribution >= 0.6 is 0 Å². The van der Waals surface area contributed by atoms with Crippen molar-refractivity contribution < 1.29 is 9.59 Å². The molecule has 1 aliphatic rings. The minimum Gasteiger partial charge on any atom is -0.354 e. The van der Waals surface area contributed by atoms with Gasteiger partial charge in [0.1, 0.15) is 5.69 Å². The molecule has 2 rings (SSSR count). The minimum atomic E-state index is -0.236. The van der Waals surface area contributed by atoms with Crippen molar-refractivity contribution >= 4 is 11.8 Å². The Morgan fingerprint density at radius 2 is 2.32 bits per heavy atom. The highest BCUT2D eigenvalue weighted by molar-refractivity contribution is 5.91. The Balaban J connectivity index is 2.00. The van der Waals surface area contributed by atoms with Gasteiger partial charge in [0, 0.05) is 33.4 Å². The first kappa shape index (κ1) is 18.9. The number of hydrogen-bond acceptors (Lipinski definition) is 5. The minimum absolute atomic E-state index is 0.0300. The van der Waals surface area contributed by atoms with Gasteiger partial charge in [0.2, 0.25) is 5.91 Å². The van der Waals surface area contributed by atoms with Crippen LogP contribution in [0.4, 0.5) is 0 Å². The fourth-order valence-corrected chi connectivity index (χ4v) is 3.14. The fraction of sp³-hybridized carbons (Fsp3) is 0.647. The summed E-state index contributed by atoms with van der Waals surface area (Å²) in [6.45, 7) is 3.94. The van der Waals surface area contributed by atoms with E-state index in [1.54, 1.807) is 25.1 Å². The molecule has 1 N–H and O–H groups in total. The van der Waals surface area contributed by atoms with Crippen LogP contribution in [0.15, 0.2) is 12.3 Å². The number of carbonyl (C=O) groups excluding carboxylic acids is 2. The molecule has 2 atom stereocenters. The Morgan fingerprint density at radius 3 is 3.00 bits per heavy atom. The lowest BCUT2D eigenvalue weighted by atomic mass is 10.0. The first-order valence-corrected chi connectivity index (χ1v) is 8.61. The van der Waals surface area contributed by atoms with Gasteiger partial charge in [-0.3, -0.25) is 19.2 Å². The molecule has 0 radical (unpaired) electrons. The number of nitrogens with one attached hydrogen (secondary N) is 1. The van der Waals surface area contributed by atoms with Crippen molar-refractivity contribution in [2.75, 3.05) is 33.7 Å². The third-order valence-corrected chi connectivity index (χ3v) is 4.71. The van der Waals surface area contributed by atoms with E-state index in [1.165, 1.54) is 0 Å². The first-order valence-electron chi connectivity index (χ1n) is 8.61. The number of nitriles is 1. The summed E-state index contributed by atoms with van der Waals surface area (Å²) in [5.41, 5.74) is 0.403. The van der Waals surface area contributed by atoms with E-state index in [2.05, 4.69) is 21.4 Å². The number of carbonyl (C=O) groups is 2. The molecule has 1 fully saturated rings. The lowest BCUT2D eigenvalue weighted by Crippen LogP contribution is -2.50. The van der Waals surface area contributed by atoms with Crippen LogP contribution in [0.5, 0.6) is 0 Å². The van der Waals surface area contributed by atoms with Gasteiger partial charge in [0.25, 0.3) is 5.91 Å². The molecule has 0 saturated carbocycles. The van der Waals surface area contributed by atoms with Gasteiger partial charge in [-0.2, -0.15) is 10.4 Å². The Kier molecular flexibility index (Phi) is 6.53. The summed E-state index contributed by atoms with van der Waals surface area (Å²) < 4.78 is 1.83. The van der Waals surface area contributed by atoms with Crippen molar-refractivity contribution in [1.82, 2.24) is 24.9 Å². The summed E-state index contributed by atoms with van der Waals surface area (Å²) in [4.78, 5) is 28.0. The fourth-order valence-electron chi connectivity index (χ4n) is 3.14. The number of likely N-dealkylation sites (tertiary alicyclic amines) is 1. The highest BCUT2D eigenvalue weighted by Gasteiger charge is 2.30. The second-order valence-corrected chi connectivity index (χ2v) is 6.39. The molecule has 2 amide bonds. The van der Waals surface area contributed by atoms with Crippen LogP contribution in [0.2, 0.25) is 0 Å². The van der Waals surface area contributed by atoms with Crippen LogP contribution < -0.4 is 5.32 Å². The van der Waals surface area contributed by atoms with E-state index in [9.17, 15) is 9.59 Å². The molecule has 1 saturated heterocycles. The van der Waals surface area contributed by atoms with Gasteiger partial charge >= 0.3 is 0 Å². The Hall–Kier alpha value is -2.40. The molecule has 1 aromatic rings. The van der Waals surface area contributed by atoms with Crippen molar-refractivity contribution in [3.63, 3.8) is 0 Å². The Morgan fingerprint density at radius 1 is 1.56 bits per heavy atom. The molecule has 0 aliphatic carbocycles. The SMILES string of the molecule is CNC(=O)c1ccn([C@@H]2CCCN([C@H](C)C(=O)N(C)CCC#N)C2)n1. The van der Waals surface area contributed by atoms with Gasteiger partial charge < -0.3 is 10.2 Å². The number of nitrogens with zero attached hydrogens (tertiary/aromatic N) is 5. The second kappa shape index (κ2) is 8.62. The Labute approximate surface area is 148 Å². The van der Waals surface area contributed by atoms with Gasteiger partial charge in [0.15, 0.2) is 0 Å². The number of aromatic nitrogens is 2. The van der Waals surface area contributed by atoms with Crippen LogP contribution in [-0.2, 0) is 4.79 Å². The highest BCUT2D eigenvalue weighted by Crippen LogP contribution is 2.23. The molecule has 1 aliphatic heterocycles. The van der Waals surface area contributed by atoms with Crippen molar-refractivity contribution in [1.29, 1.82) is 5.26 Å². The average molecular weight is 346 g/mol. The van der Waals surface area contributed by atoms with E-state index in [-0.39, 0.29) is 23.9 Å². The first-order chi connectivity index (χ1) is 12.0. The quantitative estimate of drug-likeness (QED) is 0.816. The zero-order valence-electron chi connectivity index (χ0n) is 15.1. The van der Waals surface area contributed by atoms with Crippen molar-refractivity contribution in [3.8, 4) is 6.07 Å². The predicted octanol–water partition coefficient (Wildman–Crippen LogP) is 0.640. The molecule has 8 heteroatoms. The van der Waals surface area contributed by atoms with E-state index in [1.807, 2.05) is 17.8 Å². The van der Waals surface area contributed by atoms with E-state index in [0.29, 0.717) is 25.2 Å². The molecule has 1 aromatic heterocycles. The number of amides is 2. The summed E-state index contributed by atoms with van der Waals surface area (Å²) >= 11 is 0. The summed E-state index contributed by atoms with van der Waals surface area (Å²) in [6, 6.07) is 3.68. The monoisotopic (exact) mass is 346 g/mol. The topological polar surface area (TPSA) is 94.3 Å². The lowest BCUT2D eigenvalue weighted by Gasteiger charge is -2.37. The van der Waals surface area contributed by atoms with Crippen molar-refractivity contribution in [2.45, 2.75) is 38.3 Å². The van der Waals surface area contributed by atoms with Crippen LogP contribution in [0.1, 0.15) is 42.7 Å². The van der Waals surface area contributed by atoms with Crippen molar-refractivity contribution in [3.05, 3.63) is 18.0 Å². The lowest BCUT2D eigenvalue weighted by molar-refractivity contribution is -0.135. The zero-order valence-corrected chi connectivity index (χ0v) is 15.1. The third kappa shape index (κ3) is 4.57. The molecular weight excluding hydrogens is 320 g/mol. The predicted molar refractivity (Wildman–Crippen MR) is 92.8 cm³/mol. The van der Waals surface area contributed by atoms with Gasteiger partial charge in [-0.05, 0) is 32.4 Å². The molecule has 0 bridgehead atoms. The number of likely N-dealkylation sites (N-methyl/N-ethyl adjacent to an activating group) is 1. The molecule has 0 aromatic carbocycles. The molecule has 0 spiro atoms. The largest absolute Gasteiger partial charge is 0.354 e. The van der Waals surface area contributed by atoms with Crippen LogP contribution in [0.3, 0.4) is 0 Å². The molecule has 136 valence electrons. The number of hydrogen-bond donors (Lipinski definition) is 1. The van der Waals surface area contributed by atoms with Crippen LogP contribution in [0, 0.1) is 11.3 Å². The smallest absolute Gasteiger partial charge is 0.271 e. The highest BCUT2D eigenvalue weighted by atomic mass is 16.2. The average Bonchev–Trinajstić information content (AvgIpc) is 3.14. The molecule has 2 heterocycles. The van der Waals surface area contributed by atoms with Gasteiger partial charge in [-0.1, -0.05) is 0 Å². The third-order valence-electron chi connectivity index (χ3n) is 4.71. The summed E-state index contributed by atoms with van der Waals surface area (Å²) in [5.74, 6) is -0.170. The maximum atomic E-state index is 12.5. The van der Waals surface area contributed by atoms with E-state index in [4.69, 9.17) is 5.26 Å². The Bertz CT molecular complexity index is 650. The zero-order chi connectivity index (χ0) is 18.4. The normalized spacial score (nSPS) is 19.0. The van der Waals surface area contributed by atoms with Crippen LogP contribution in [-0.4, -0.2) is 71.2 Å². The number of piperidine rings is 1. The van der Waals surface area contributed by atoms with E-state index >= 15 is 0 Å². The summed E-state index contributed by atoms with van der Waals surface area (Å²) in [5, 5.41) is 15.6. The maximum absolute atomic E-state index is 12.5. The van der Waals surface area contributed by atoms with E-state index in [0.717, 1.165) is 19.4 Å². The summed E-state index contributed by atoms with van der Waals surface area (Å²) in [7, 11) is 3.32. The molecule has 0 unspecified atom stereocenters. The molecular formula is C17H26N6O2. The molecule has 25 heavy (non-hydrogen) atoms. The number of rotatable bonds is 6. The van der Waals surface area contributed by atoms with Gasteiger partial charge in [-0.25, -0.2) is 0 Å². The molecule has 8 nitrogen and oxygen atoms in total. The van der Waals surface area contributed by atoms with Gasteiger partial charge in [-0.15, -0.1) is 0 Å².